The van der Waals surface area contributed by atoms with Crippen molar-refractivity contribution in [2.75, 3.05) is 18.2 Å². The smallest absolute Gasteiger partial charge is 0.234 e. The summed E-state index contributed by atoms with van der Waals surface area (Å²) in [5.74, 6) is 1.18. The topological polar surface area (TPSA) is 77.0 Å². The average Bonchev–Trinajstić information content (AvgIpc) is 2.99. The molecule has 1 aromatic carbocycles. The zero-order chi connectivity index (χ0) is 20.1. The van der Waals surface area contributed by atoms with Gasteiger partial charge in [-0.05, 0) is 42.9 Å². The first-order chi connectivity index (χ1) is 13.3. The second kappa shape index (κ2) is 6.72. The van der Waals surface area contributed by atoms with E-state index in [1.54, 1.807) is 7.11 Å². The minimum absolute atomic E-state index is 0.0371. The summed E-state index contributed by atoms with van der Waals surface area (Å²) in [6.07, 6.45) is 2.29. The first kappa shape index (κ1) is 19.2. The minimum Gasteiger partial charge on any atom is -0.495 e. The Morgan fingerprint density at radius 2 is 2.11 bits per heavy atom. The molecule has 1 fully saturated rings. The molecule has 0 aliphatic heterocycles. The highest BCUT2D eigenvalue weighted by molar-refractivity contribution is 7.99. The molecule has 0 spiro atoms. The number of fused-ring (bicyclic) bond motifs is 5. The van der Waals surface area contributed by atoms with Crippen LogP contribution in [0.1, 0.15) is 56.5 Å². The van der Waals surface area contributed by atoms with Crippen LogP contribution < -0.4 is 10.1 Å². The van der Waals surface area contributed by atoms with Gasteiger partial charge in [-0.1, -0.05) is 38.6 Å². The zero-order valence-electron chi connectivity index (χ0n) is 17.0. The number of nitrogens with one attached hydrogen (secondary N) is 1. The third kappa shape index (κ3) is 2.87. The lowest BCUT2D eigenvalue weighted by Gasteiger charge is -2.33. The van der Waals surface area contributed by atoms with Crippen LogP contribution in [0.15, 0.2) is 23.4 Å². The van der Waals surface area contributed by atoms with Crippen molar-refractivity contribution in [1.29, 1.82) is 0 Å². The van der Waals surface area contributed by atoms with Crippen molar-refractivity contribution >= 4 is 23.4 Å². The van der Waals surface area contributed by atoms with Crippen LogP contribution in [0.5, 0.6) is 5.75 Å². The number of amides is 1. The molecule has 6 nitrogen and oxygen atoms in total. The Hall–Kier alpha value is -2.15. The van der Waals surface area contributed by atoms with E-state index in [4.69, 9.17) is 9.72 Å². The number of carbonyl (C=O) groups is 1. The van der Waals surface area contributed by atoms with E-state index in [0.717, 1.165) is 29.8 Å². The molecular weight excluding hydrogens is 372 g/mol. The van der Waals surface area contributed by atoms with Crippen LogP contribution in [-0.2, 0) is 10.2 Å². The molecule has 1 saturated carbocycles. The maximum absolute atomic E-state index is 12.4. The molecule has 2 aliphatic carbocycles. The van der Waals surface area contributed by atoms with Gasteiger partial charge in [0.1, 0.15) is 5.75 Å². The van der Waals surface area contributed by atoms with Crippen LogP contribution >= 0.6 is 11.8 Å². The Balaban J connectivity index is 1.46. The highest BCUT2D eigenvalue weighted by atomic mass is 32.2. The number of thioether (sulfide) groups is 1. The summed E-state index contributed by atoms with van der Waals surface area (Å²) in [4.78, 5) is 17.2. The molecule has 4 rings (SSSR count). The highest BCUT2D eigenvalue weighted by Crippen LogP contribution is 2.66. The van der Waals surface area contributed by atoms with Gasteiger partial charge in [-0.2, -0.15) is 5.10 Å². The van der Waals surface area contributed by atoms with Crippen LogP contribution in [0.4, 0.5) is 5.69 Å². The Bertz CT molecular complexity index is 946. The van der Waals surface area contributed by atoms with E-state index >= 15 is 0 Å². The lowest BCUT2D eigenvalue weighted by atomic mass is 9.70. The predicted octanol–water partition coefficient (Wildman–Crippen LogP) is 4.09. The van der Waals surface area contributed by atoms with Crippen molar-refractivity contribution in [2.24, 2.45) is 5.41 Å². The van der Waals surface area contributed by atoms with Gasteiger partial charge in [-0.15, -0.1) is 5.10 Å². The Kier molecular flexibility index (Phi) is 4.61. The lowest BCUT2D eigenvalue weighted by Crippen LogP contribution is -2.32. The van der Waals surface area contributed by atoms with Gasteiger partial charge < -0.3 is 10.1 Å². The molecule has 1 aromatic heterocycles. The van der Waals surface area contributed by atoms with E-state index in [0.29, 0.717) is 22.5 Å². The fourth-order valence-electron chi connectivity index (χ4n) is 4.66. The van der Waals surface area contributed by atoms with Crippen molar-refractivity contribution in [3.63, 3.8) is 0 Å². The van der Waals surface area contributed by atoms with Crippen LogP contribution in [0.25, 0.3) is 0 Å². The third-order valence-electron chi connectivity index (χ3n) is 6.73. The number of aromatic nitrogens is 3. The summed E-state index contributed by atoms with van der Waals surface area (Å²) in [5, 5.41) is 12.3. The number of carbonyl (C=O) groups excluding carboxylic acids is 1. The number of aryl methyl sites for hydroxylation is 1. The number of methoxy groups -OCH3 is 1. The fourth-order valence-corrected chi connectivity index (χ4v) is 5.25. The van der Waals surface area contributed by atoms with Crippen molar-refractivity contribution in [3.8, 4) is 5.75 Å². The quantitative estimate of drug-likeness (QED) is 0.764. The predicted molar refractivity (Wildman–Crippen MR) is 110 cm³/mol. The monoisotopic (exact) mass is 398 g/mol. The van der Waals surface area contributed by atoms with Gasteiger partial charge in [-0.25, -0.2) is 4.98 Å². The van der Waals surface area contributed by atoms with E-state index in [9.17, 15) is 4.79 Å². The number of ether oxygens (including phenoxy) is 1. The zero-order valence-corrected chi connectivity index (χ0v) is 17.8. The van der Waals surface area contributed by atoms with Gasteiger partial charge in [0.2, 0.25) is 11.1 Å². The molecule has 1 N–H and O–H groups in total. The maximum Gasteiger partial charge on any atom is 0.234 e. The molecule has 2 bridgehead atoms. The van der Waals surface area contributed by atoms with Crippen molar-refractivity contribution in [3.05, 3.63) is 35.2 Å². The Labute approximate surface area is 169 Å². The molecule has 7 heteroatoms. The van der Waals surface area contributed by atoms with Crippen LogP contribution in [0, 0.1) is 12.3 Å². The highest BCUT2D eigenvalue weighted by Gasteiger charge is 2.61. The van der Waals surface area contributed by atoms with Crippen molar-refractivity contribution in [2.45, 2.75) is 57.0 Å². The molecule has 2 aliphatic rings. The summed E-state index contributed by atoms with van der Waals surface area (Å²) in [7, 11) is 1.59. The standard InChI is InChI=1S/C21H26N4O2S/c1-12-6-7-15(27-5)14(10-12)22-16(26)11-28-19-23-18-17(24-25-19)13-8-9-21(18,4)20(13,2)3/h6-7,10,13H,8-9,11H2,1-5H3,(H,22,26). The summed E-state index contributed by atoms with van der Waals surface area (Å²) in [6, 6.07) is 5.70. The van der Waals surface area contributed by atoms with E-state index in [1.165, 1.54) is 11.8 Å². The summed E-state index contributed by atoms with van der Waals surface area (Å²) >= 11 is 1.32. The second-order valence-corrected chi connectivity index (χ2v) is 9.46. The van der Waals surface area contributed by atoms with E-state index in [2.05, 4.69) is 36.3 Å². The number of rotatable bonds is 5. The molecule has 2 atom stereocenters. The fraction of sp³-hybridized carbons (Fsp3) is 0.524. The molecule has 148 valence electrons. The molecule has 1 amide bonds. The summed E-state index contributed by atoms with van der Waals surface area (Å²) in [5.41, 5.74) is 4.05. The van der Waals surface area contributed by atoms with Gasteiger partial charge in [0.05, 0.1) is 29.9 Å². The van der Waals surface area contributed by atoms with E-state index in [1.807, 2.05) is 25.1 Å². The number of hydrogen-bond donors (Lipinski definition) is 1. The van der Waals surface area contributed by atoms with Crippen LogP contribution in [0.2, 0.25) is 0 Å². The normalized spacial score (nSPS) is 24.1. The van der Waals surface area contributed by atoms with Gasteiger partial charge in [-0.3, -0.25) is 4.79 Å². The summed E-state index contributed by atoms with van der Waals surface area (Å²) in [6.45, 7) is 8.88. The molecule has 2 aromatic rings. The van der Waals surface area contributed by atoms with Crippen LogP contribution in [0.3, 0.4) is 0 Å². The summed E-state index contributed by atoms with van der Waals surface area (Å²) < 4.78 is 5.32. The molecule has 0 radical (unpaired) electrons. The maximum atomic E-state index is 12.4. The molecule has 28 heavy (non-hydrogen) atoms. The molecular formula is C21H26N4O2S. The number of hydrogen-bond acceptors (Lipinski definition) is 6. The number of benzene rings is 1. The first-order valence-electron chi connectivity index (χ1n) is 9.58. The number of nitrogens with zero attached hydrogens (tertiary/aromatic N) is 3. The second-order valence-electron chi connectivity index (χ2n) is 8.51. The molecule has 1 heterocycles. The van der Waals surface area contributed by atoms with Gasteiger partial charge >= 0.3 is 0 Å². The van der Waals surface area contributed by atoms with Gasteiger partial charge in [0.15, 0.2) is 0 Å². The van der Waals surface area contributed by atoms with Gasteiger partial charge in [0, 0.05) is 11.3 Å². The third-order valence-corrected chi connectivity index (χ3v) is 7.57. The minimum atomic E-state index is -0.119. The lowest BCUT2D eigenvalue weighted by molar-refractivity contribution is -0.113. The van der Waals surface area contributed by atoms with Crippen molar-refractivity contribution < 1.29 is 9.53 Å². The molecule has 0 saturated heterocycles. The average molecular weight is 399 g/mol. The molecule has 2 unspecified atom stereocenters. The Morgan fingerprint density at radius 1 is 1.32 bits per heavy atom. The largest absolute Gasteiger partial charge is 0.495 e. The Morgan fingerprint density at radius 3 is 2.86 bits per heavy atom. The number of anilines is 1. The SMILES string of the molecule is COc1ccc(C)cc1NC(=O)CSc1nnc2c(n1)C1(C)CCC2C1(C)C. The first-order valence-corrected chi connectivity index (χ1v) is 10.6. The van der Waals surface area contributed by atoms with E-state index < -0.39 is 0 Å². The van der Waals surface area contributed by atoms with Crippen molar-refractivity contribution in [1.82, 2.24) is 15.2 Å². The van der Waals surface area contributed by atoms with E-state index in [-0.39, 0.29) is 22.5 Å². The van der Waals surface area contributed by atoms with Gasteiger partial charge in [0.25, 0.3) is 0 Å². The van der Waals surface area contributed by atoms with Crippen LogP contribution in [-0.4, -0.2) is 34.0 Å².